The first-order chi connectivity index (χ1) is 9.71. The third kappa shape index (κ3) is 3.13. The molecule has 20 heavy (non-hydrogen) atoms. The minimum atomic E-state index is -0.115. The van der Waals surface area contributed by atoms with Crippen LogP contribution in [0.2, 0.25) is 0 Å². The number of benzene rings is 1. The Kier molecular flexibility index (Phi) is 5.38. The number of halogens is 1. The van der Waals surface area contributed by atoms with Gasteiger partial charge in [-0.3, -0.25) is 4.90 Å². The van der Waals surface area contributed by atoms with Crippen LogP contribution in [-0.2, 0) is 6.42 Å². The summed E-state index contributed by atoms with van der Waals surface area (Å²) in [6.07, 6.45) is 1.84. The molecule has 3 nitrogen and oxygen atoms in total. The highest BCUT2D eigenvalue weighted by molar-refractivity contribution is 5.56. The molecule has 1 aliphatic heterocycles. The molecule has 1 fully saturated rings. The summed E-state index contributed by atoms with van der Waals surface area (Å²) in [6.45, 7) is 8.90. The van der Waals surface area contributed by atoms with Crippen LogP contribution in [0.1, 0.15) is 25.8 Å². The van der Waals surface area contributed by atoms with Gasteiger partial charge in [0.2, 0.25) is 0 Å². The van der Waals surface area contributed by atoms with Crippen molar-refractivity contribution in [1.29, 1.82) is 0 Å². The van der Waals surface area contributed by atoms with Crippen LogP contribution in [0.15, 0.2) is 18.2 Å². The van der Waals surface area contributed by atoms with Crippen LogP contribution in [0.4, 0.5) is 10.1 Å². The lowest BCUT2D eigenvalue weighted by Crippen LogP contribution is -2.37. The average Bonchev–Trinajstić information content (AvgIpc) is 2.90. The van der Waals surface area contributed by atoms with E-state index in [2.05, 4.69) is 23.6 Å². The molecule has 1 atom stereocenters. The average molecular weight is 279 g/mol. The van der Waals surface area contributed by atoms with Gasteiger partial charge in [-0.1, -0.05) is 26.0 Å². The summed E-state index contributed by atoms with van der Waals surface area (Å²) in [5, 5.41) is 0. The van der Waals surface area contributed by atoms with E-state index in [1.807, 2.05) is 6.07 Å². The summed E-state index contributed by atoms with van der Waals surface area (Å²) in [5.41, 5.74) is 7.45. The first-order valence-electron chi connectivity index (χ1n) is 7.67. The summed E-state index contributed by atoms with van der Waals surface area (Å²) in [5.74, 6) is -0.115. The summed E-state index contributed by atoms with van der Waals surface area (Å²) < 4.78 is 14.2. The monoisotopic (exact) mass is 279 g/mol. The van der Waals surface area contributed by atoms with Crippen molar-refractivity contribution < 1.29 is 4.39 Å². The second-order valence-corrected chi connectivity index (χ2v) is 5.40. The standard InChI is InChI=1S/C16H26FN3/c1-3-19(4-2)14-9-11-20(12-14)16-13(8-10-18)6-5-7-15(16)17/h5-7,14H,3-4,8-12,18H2,1-2H3. The first kappa shape index (κ1) is 15.3. The lowest BCUT2D eigenvalue weighted by molar-refractivity contribution is 0.232. The van der Waals surface area contributed by atoms with E-state index in [-0.39, 0.29) is 5.82 Å². The van der Waals surface area contributed by atoms with E-state index in [0.717, 1.165) is 50.3 Å². The van der Waals surface area contributed by atoms with Gasteiger partial charge in [0.15, 0.2) is 0 Å². The van der Waals surface area contributed by atoms with E-state index in [4.69, 9.17) is 5.73 Å². The van der Waals surface area contributed by atoms with Crippen LogP contribution >= 0.6 is 0 Å². The van der Waals surface area contributed by atoms with Crippen molar-refractivity contribution in [3.05, 3.63) is 29.6 Å². The van der Waals surface area contributed by atoms with Crippen molar-refractivity contribution in [3.8, 4) is 0 Å². The Hall–Kier alpha value is -1.13. The molecular formula is C16H26FN3. The maximum absolute atomic E-state index is 14.2. The minimum absolute atomic E-state index is 0.115. The quantitative estimate of drug-likeness (QED) is 0.867. The molecule has 0 amide bonds. The fourth-order valence-electron chi connectivity index (χ4n) is 3.25. The van der Waals surface area contributed by atoms with Gasteiger partial charge >= 0.3 is 0 Å². The molecule has 1 heterocycles. The highest BCUT2D eigenvalue weighted by Crippen LogP contribution is 2.29. The zero-order valence-corrected chi connectivity index (χ0v) is 12.6. The SMILES string of the molecule is CCN(CC)C1CCN(c2c(F)cccc2CCN)C1. The number of nitrogens with two attached hydrogens (primary N) is 1. The fourth-order valence-corrected chi connectivity index (χ4v) is 3.25. The van der Waals surface area contributed by atoms with Crippen LogP contribution in [0.25, 0.3) is 0 Å². The van der Waals surface area contributed by atoms with Crippen molar-refractivity contribution >= 4 is 5.69 Å². The number of likely N-dealkylation sites (N-methyl/N-ethyl adjacent to an activating group) is 1. The van der Waals surface area contributed by atoms with Crippen molar-refractivity contribution in [2.24, 2.45) is 5.73 Å². The van der Waals surface area contributed by atoms with E-state index in [1.165, 1.54) is 0 Å². The third-order valence-electron chi connectivity index (χ3n) is 4.29. The molecule has 2 rings (SSSR count). The fraction of sp³-hybridized carbons (Fsp3) is 0.625. The van der Waals surface area contributed by atoms with Gasteiger partial charge in [-0.15, -0.1) is 0 Å². The van der Waals surface area contributed by atoms with Gasteiger partial charge in [0.1, 0.15) is 5.82 Å². The van der Waals surface area contributed by atoms with Gasteiger partial charge in [0, 0.05) is 19.1 Å². The summed E-state index contributed by atoms with van der Waals surface area (Å²) in [4.78, 5) is 4.66. The maximum atomic E-state index is 14.2. The van der Waals surface area contributed by atoms with E-state index in [9.17, 15) is 4.39 Å². The van der Waals surface area contributed by atoms with Gasteiger partial charge in [0.25, 0.3) is 0 Å². The van der Waals surface area contributed by atoms with Crippen LogP contribution in [0.3, 0.4) is 0 Å². The molecule has 1 saturated heterocycles. The topological polar surface area (TPSA) is 32.5 Å². The minimum Gasteiger partial charge on any atom is -0.367 e. The Morgan fingerprint density at radius 1 is 1.35 bits per heavy atom. The molecular weight excluding hydrogens is 253 g/mol. The van der Waals surface area contributed by atoms with Crippen molar-refractivity contribution in [1.82, 2.24) is 4.90 Å². The Bertz CT molecular complexity index is 432. The third-order valence-corrected chi connectivity index (χ3v) is 4.29. The van der Waals surface area contributed by atoms with Gasteiger partial charge in [0.05, 0.1) is 5.69 Å². The Balaban J connectivity index is 2.17. The molecule has 112 valence electrons. The lowest BCUT2D eigenvalue weighted by Gasteiger charge is -2.27. The molecule has 0 radical (unpaired) electrons. The second kappa shape index (κ2) is 7.04. The van der Waals surface area contributed by atoms with E-state index in [0.29, 0.717) is 12.6 Å². The maximum Gasteiger partial charge on any atom is 0.146 e. The molecule has 0 aromatic heterocycles. The molecule has 0 aliphatic carbocycles. The normalized spacial score (nSPS) is 19.1. The summed E-state index contributed by atoms with van der Waals surface area (Å²) in [6, 6.07) is 5.87. The van der Waals surface area contributed by atoms with Crippen LogP contribution < -0.4 is 10.6 Å². The zero-order valence-electron chi connectivity index (χ0n) is 12.6. The predicted octanol–water partition coefficient (Wildman–Crippen LogP) is 2.25. The van der Waals surface area contributed by atoms with E-state index >= 15 is 0 Å². The molecule has 1 aromatic rings. The molecule has 2 N–H and O–H groups in total. The number of anilines is 1. The van der Waals surface area contributed by atoms with Gasteiger partial charge in [-0.2, -0.15) is 0 Å². The number of rotatable bonds is 6. The van der Waals surface area contributed by atoms with Crippen molar-refractivity contribution in [2.75, 3.05) is 37.6 Å². The Morgan fingerprint density at radius 2 is 2.10 bits per heavy atom. The molecule has 1 unspecified atom stereocenters. The van der Waals surface area contributed by atoms with E-state index in [1.54, 1.807) is 12.1 Å². The summed E-state index contributed by atoms with van der Waals surface area (Å²) >= 11 is 0. The smallest absolute Gasteiger partial charge is 0.146 e. The number of hydrogen-bond donors (Lipinski definition) is 1. The van der Waals surface area contributed by atoms with Crippen molar-refractivity contribution in [2.45, 2.75) is 32.7 Å². The summed E-state index contributed by atoms with van der Waals surface area (Å²) in [7, 11) is 0. The molecule has 1 aromatic carbocycles. The number of para-hydroxylation sites is 1. The molecule has 0 bridgehead atoms. The highest BCUT2D eigenvalue weighted by Gasteiger charge is 2.28. The Labute approximate surface area is 121 Å². The van der Waals surface area contributed by atoms with Crippen LogP contribution in [0, 0.1) is 5.82 Å². The van der Waals surface area contributed by atoms with Crippen LogP contribution in [-0.4, -0.2) is 43.7 Å². The molecule has 1 aliphatic rings. The van der Waals surface area contributed by atoms with Gasteiger partial charge < -0.3 is 10.6 Å². The van der Waals surface area contributed by atoms with Crippen LogP contribution in [0.5, 0.6) is 0 Å². The zero-order chi connectivity index (χ0) is 14.5. The second-order valence-electron chi connectivity index (χ2n) is 5.40. The molecule has 0 saturated carbocycles. The number of hydrogen-bond acceptors (Lipinski definition) is 3. The molecule has 4 heteroatoms. The first-order valence-corrected chi connectivity index (χ1v) is 7.67. The van der Waals surface area contributed by atoms with E-state index < -0.39 is 0 Å². The molecule has 0 spiro atoms. The Morgan fingerprint density at radius 3 is 2.75 bits per heavy atom. The predicted molar refractivity (Wildman–Crippen MR) is 82.7 cm³/mol. The highest BCUT2D eigenvalue weighted by atomic mass is 19.1. The van der Waals surface area contributed by atoms with Gasteiger partial charge in [-0.25, -0.2) is 4.39 Å². The lowest BCUT2D eigenvalue weighted by atomic mass is 10.1. The largest absolute Gasteiger partial charge is 0.367 e. The number of nitrogens with zero attached hydrogens (tertiary/aromatic N) is 2. The van der Waals surface area contributed by atoms with Crippen molar-refractivity contribution in [3.63, 3.8) is 0 Å². The van der Waals surface area contributed by atoms with Gasteiger partial charge in [-0.05, 0) is 44.1 Å².